The molecule has 3 aromatic rings. The predicted octanol–water partition coefficient (Wildman–Crippen LogP) is 4.54. The van der Waals surface area contributed by atoms with E-state index in [2.05, 4.69) is 13.2 Å². The Morgan fingerprint density at radius 3 is 1.85 bits per heavy atom. The Kier molecular flexibility index (Phi) is 11.5. The van der Waals surface area contributed by atoms with Crippen molar-refractivity contribution in [2.75, 3.05) is 33.0 Å². The van der Waals surface area contributed by atoms with Gasteiger partial charge in [-0.2, -0.15) is 0 Å². The van der Waals surface area contributed by atoms with Crippen LogP contribution < -0.4 is 14.2 Å². The molecule has 0 heterocycles. The summed E-state index contributed by atoms with van der Waals surface area (Å²) in [6.07, 6.45) is 1.58. The van der Waals surface area contributed by atoms with Crippen molar-refractivity contribution in [2.24, 2.45) is 0 Å². The van der Waals surface area contributed by atoms with Gasteiger partial charge in [-0.1, -0.05) is 37.4 Å². The molecule has 0 aliphatic rings. The van der Waals surface area contributed by atoms with E-state index in [1.165, 1.54) is 0 Å². The summed E-state index contributed by atoms with van der Waals surface area (Å²) >= 11 is 0. The highest BCUT2D eigenvalue weighted by molar-refractivity contribution is 5.91. The van der Waals surface area contributed by atoms with Gasteiger partial charge in [0.1, 0.15) is 30.5 Å². The minimum Gasteiger partial charge on any atom is -0.493 e. The normalized spacial score (nSPS) is 10.2. The molecule has 0 atom stereocenters. The molecule has 208 valence electrons. The number of benzene rings is 3. The van der Waals surface area contributed by atoms with Gasteiger partial charge in [0.2, 0.25) is 0 Å². The molecule has 0 saturated heterocycles. The van der Waals surface area contributed by atoms with Crippen LogP contribution in [0.3, 0.4) is 0 Å². The van der Waals surface area contributed by atoms with Crippen molar-refractivity contribution in [2.45, 2.75) is 6.42 Å². The fourth-order valence-electron chi connectivity index (χ4n) is 3.25. The van der Waals surface area contributed by atoms with Crippen LogP contribution >= 0.6 is 0 Å². The first-order valence-corrected chi connectivity index (χ1v) is 12.4. The van der Waals surface area contributed by atoms with E-state index in [9.17, 15) is 14.4 Å². The average molecular weight is 547 g/mol. The summed E-state index contributed by atoms with van der Waals surface area (Å²) < 4.78 is 26.4. The highest BCUT2D eigenvalue weighted by Gasteiger charge is 2.10. The molecule has 0 fully saturated rings. The number of hydrogen-bond acceptors (Lipinski definition) is 9. The summed E-state index contributed by atoms with van der Waals surface area (Å²) in [6.45, 7) is 7.10. The predicted molar refractivity (Wildman–Crippen MR) is 147 cm³/mol. The Morgan fingerprint density at radius 2 is 1.25 bits per heavy atom. The minimum atomic E-state index is -0.617. The molecular formula is C31H30O9. The summed E-state index contributed by atoms with van der Waals surface area (Å²) in [5.74, 6) is -0.0475. The molecule has 0 unspecified atom stereocenters. The van der Waals surface area contributed by atoms with Gasteiger partial charge in [0.05, 0.1) is 31.0 Å². The third-order valence-corrected chi connectivity index (χ3v) is 5.38. The molecule has 0 saturated carbocycles. The number of aliphatic hydroxyl groups is 1. The molecule has 0 bridgehead atoms. The Hall–Kier alpha value is -4.89. The SMILES string of the molecule is C=CC(=O)OCCOc1ccc(OC(=O)c2ccc(-c3ccc(OCCCOC(=O)C(=C)CO)cc3)cc2)cc1. The highest BCUT2D eigenvalue weighted by atomic mass is 16.6. The van der Waals surface area contributed by atoms with Crippen molar-refractivity contribution >= 4 is 17.9 Å². The molecule has 0 spiro atoms. The van der Waals surface area contributed by atoms with E-state index in [1.807, 2.05) is 36.4 Å². The third kappa shape index (κ3) is 9.45. The van der Waals surface area contributed by atoms with Crippen molar-refractivity contribution in [3.05, 3.63) is 103 Å². The van der Waals surface area contributed by atoms with E-state index in [-0.39, 0.29) is 25.4 Å². The summed E-state index contributed by atoms with van der Waals surface area (Å²) in [7, 11) is 0. The maximum absolute atomic E-state index is 12.6. The standard InChI is InChI=1S/C31H30O9/c1-3-29(33)38-20-19-37-27-13-15-28(16-14-27)40-31(35)25-7-5-23(6-8-25)24-9-11-26(12-10-24)36-17-4-18-39-30(34)22(2)21-32/h3,5-16,32H,1-2,4,17-21H2. The lowest BCUT2D eigenvalue weighted by Crippen LogP contribution is -2.12. The number of rotatable bonds is 15. The molecule has 0 amide bonds. The van der Waals surface area contributed by atoms with E-state index in [0.29, 0.717) is 35.8 Å². The van der Waals surface area contributed by atoms with Crippen LogP contribution in [-0.2, 0) is 19.1 Å². The van der Waals surface area contributed by atoms with Crippen LogP contribution in [0.1, 0.15) is 16.8 Å². The zero-order chi connectivity index (χ0) is 28.7. The molecule has 9 heteroatoms. The third-order valence-electron chi connectivity index (χ3n) is 5.38. The van der Waals surface area contributed by atoms with Gasteiger partial charge in [0.15, 0.2) is 0 Å². The van der Waals surface area contributed by atoms with Gasteiger partial charge >= 0.3 is 17.9 Å². The van der Waals surface area contributed by atoms with Gasteiger partial charge in [0.25, 0.3) is 0 Å². The number of ether oxygens (including phenoxy) is 5. The molecule has 0 aliphatic carbocycles. The second kappa shape index (κ2) is 15.5. The van der Waals surface area contributed by atoms with E-state index >= 15 is 0 Å². The summed E-state index contributed by atoms with van der Waals surface area (Å²) in [6, 6.07) is 21.0. The highest BCUT2D eigenvalue weighted by Crippen LogP contribution is 2.24. The molecule has 9 nitrogen and oxygen atoms in total. The number of carbonyl (C=O) groups is 3. The quantitative estimate of drug-likeness (QED) is 0.127. The van der Waals surface area contributed by atoms with Crippen LogP contribution in [0.4, 0.5) is 0 Å². The molecule has 40 heavy (non-hydrogen) atoms. The fraction of sp³-hybridized carbons (Fsp3) is 0.194. The van der Waals surface area contributed by atoms with E-state index in [1.54, 1.807) is 36.4 Å². The summed E-state index contributed by atoms with van der Waals surface area (Å²) in [5, 5.41) is 8.84. The Bertz CT molecular complexity index is 1290. The Morgan fingerprint density at radius 1 is 0.700 bits per heavy atom. The van der Waals surface area contributed by atoms with Crippen LogP contribution in [0.15, 0.2) is 97.6 Å². The first-order chi connectivity index (χ1) is 19.4. The first-order valence-electron chi connectivity index (χ1n) is 12.4. The van der Waals surface area contributed by atoms with E-state index < -0.39 is 24.5 Å². The van der Waals surface area contributed by atoms with Crippen molar-refractivity contribution in [3.63, 3.8) is 0 Å². The molecule has 0 aliphatic heterocycles. The van der Waals surface area contributed by atoms with Gasteiger partial charge in [-0.3, -0.25) is 0 Å². The summed E-state index contributed by atoms with van der Waals surface area (Å²) in [5.41, 5.74) is 2.27. The Balaban J connectivity index is 1.43. The van der Waals surface area contributed by atoms with Crippen LogP contribution in [-0.4, -0.2) is 56.0 Å². The lowest BCUT2D eigenvalue weighted by Gasteiger charge is -2.09. The van der Waals surface area contributed by atoms with Crippen LogP contribution in [0.25, 0.3) is 11.1 Å². The van der Waals surface area contributed by atoms with Gasteiger partial charge in [-0.15, -0.1) is 0 Å². The number of carbonyl (C=O) groups excluding carboxylic acids is 3. The zero-order valence-electron chi connectivity index (χ0n) is 21.9. The molecule has 3 rings (SSSR count). The van der Waals surface area contributed by atoms with Gasteiger partial charge in [-0.25, -0.2) is 14.4 Å². The first kappa shape index (κ1) is 29.7. The van der Waals surface area contributed by atoms with Crippen molar-refractivity contribution in [1.82, 2.24) is 0 Å². The van der Waals surface area contributed by atoms with Gasteiger partial charge in [-0.05, 0) is 59.7 Å². The van der Waals surface area contributed by atoms with Crippen molar-refractivity contribution in [1.29, 1.82) is 0 Å². The van der Waals surface area contributed by atoms with Crippen molar-refractivity contribution in [3.8, 4) is 28.4 Å². The van der Waals surface area contributed by atoms with Crippen LogP contribution in [0, 0.1) is 0 Å². The number of hydrogen-bond donors (Lipinski definition) is 1. The van der Waals surface area contributed by atoms with E-state index in [0.717, 1.165) is 17.2 Å². The van der Waals surface area contributed by atoms with Gasteiger partial charge < -0.3 is 28.8 Å². The lowest BCUT2D eigenvalue weighted by atomic mass is 10.0. The maximum atomic E-state index is 12.6. The Labute approximate surface area is 232 Å². The van der Waals surface area contributed by atoms with Gasteiger partial charge in [0, 0.05) is 12.5 Å². The lowest BCUT2D eigenvalue weighted by molar-refractivity contribution is -0.140. The second-order valence-corrected chi connectivity index (χ2v) is 8.28. The second-order valence-electron chi connectivity index (χ2n) is 8.28. The minimum absolute atomic E-state index is 0.0154. The largest absolute Gasteiger partial charge is 0.493 e. The maximum Gasteiger partial charge on any atom is 0.343 e. The molecule has 3 aromatic carbocycles. The molecule has 0 radical (unpaired) electrons. The zero-order valence-corrected chi connectivity index (χ0v) is 21.9. The molecule has 0 aromatic heterocycles. The summed E-state index contributed by atoms with van der Waals surface area (Å²) in [4.78, 5) is 35.0. The number of esters is 3. The molecular weight excluding hydrogens is 516 g/mol. The molecule has 1 N–H and O–H groups in total. The van der Waals surface area contributed by atoms with Crippen molar-refractivity contribution < 1.29 is 43.2 Å². The number of aliphatic hydroxyl groups excluding tert-OH is 1. The fourth-order valence-corrected chi connectivity index (χ4v) is 3.25. The van der Waals surface area contributed by atoms with Crippen LogP contribution in [0.5, 0.6) is 17.2 Å². The van der Waals surface area contributed by atoms with Crippen LogP contribution in [0.2, 0.25) is 0 Å². The monoisotopic (exact) mass is 546 g/mol. The topological polar surface area (TPSA) is 118 Å². The van der Waals surface area contributed by atoms with E-state index in [4.69, 9.17) is 28.8 Å². The smallest absolute Gasteiger partial charge is 0.343 e. The average Bonchev–Trinajstić information content (AvgIpc) is 2.99.